The van der Waals surface area contributed by atoms with Crippen LogP contribution in [0.1, 0.15) is 33.6 Å². The summed E-state index contributed by atoms with van der Waals surface area (Å²) in [5, 5.41) is 0. The third-order valence-corrected chi connectivity index (χ3v) is 2.44. The highest BCUT2D eigenvalue weighted by atomic mass is 16.2. The molecule has 0 saturated carbocycles. The second-order valence-electron chi connectivity index (χ2n) is 5.12. The lowest BCUT2D eigenvalue weighted by Gasteiger charge is -2.22. The molecule has 0 rings (SSSR count). The van der Waals surface area contributed by atoms with Gasteiger partial charge in [0.25, 0.3) is 0 Å². The van der Waals surface area contributed by atoms with Gasteiger partial charge in [-0.2, -0.15) is 0 Å². The topological polar surface area (TPSA) is 106 Å². The van der Waals surface area contributed by atoms with E-state index in [1.54, 1.807) is 0 Å². The first-order valence-corrected chi connectivity index (χ1v) is 6.06. The van der Waals surface area contributed by atoms with Crippen molar-refractivity contribution < 1.29 is 14.4 Å². The van der Waals surface area contributed by atoms with Crippen LogP contribution in [-0.2, 0) is 14.4 Å². The van der Waals surface area contributed by atoms with E-state index in [9.17, 15) is 14.4 Å². The number of primary amides is 2. The van der Waals surface area contributed by atoms with E-state index in [1.807, 2.05) is 6.92 Å². The predicted molar refractivity (Wildman–Crippen MR) is 68.2 cm³/mol. The molecule has 1 unspecified atom stereocenters. The van der Waals surface area contributed by atoms with Crippen LogP contribution < -0.4 is 11.5 Å². The summed E-state index contributed by atoms with van der Waals surface area (Å²) in [6.45, 7) is 5.58. The molecule has 6 heteroatoms. The van der Waals surface area contributed by atoms with E-state index in [1.165, 1.54) is 0 Å². The molecule has 4 N–H and O–H groups in total. The van der Waals surface area contributed by atoms with Crippen molar-refractivity contribution in [2.45, 2.75) is 33.6 Å². The van der Waals surface area contributed by atoms with Gasteiger partial charge in [0.2, 0.25) is 17.7 Å². The maximum absolute atomic E-state index is 11.9. The molecule has 18 heavy (non-hydrogen) atoms. The number of carbonyl (C=O) groups is 3. The monoisotopic (exact) mass is 257 g/mol. The largest absolute Gasteiger partial charge is 0.368 e. The average molecular weight is 257 g/mol. The van der Waals surface area contributed by atoms with Crippen molar-refractivity contribution in [2.24, 2.45) is 23.3 Å². The van der Waals surface area contributed by atoms with Crippen LogP contribution in [-0.4, -0.2) is 35.7 Å². The minimum atomic E-state index is -0.652. The zero-order valence-electron chi connectivity index (χ0n) is 11.3. The minimum Gasteiger partial charge on any atom is -0.368 e. The Morgan fingerprint density at radius 3 is 1.78 bits per heavy atom. The molecule has 0 aromatic carbocycles. The third-order valence-electron chi connectivity index (χ3n) is 2.44. The van der Waals surface area contributed by atoms with E-state index < -0.39 is 11.8 Å². The van der Waals surface area contributed by atoms with Crippen LogP contribution >= 0.6 is 0 Å². The molecular formula is C12H23N3O3. The molecule has 1 atom stereocenters. The van der Waals surface area contributed by atoms with E-state index in [0.717, 1.165) is 11.3 Å². The number of nitrogens with two attached hydrogens (primary N) is 2. The van der Waals surface area contributed by atoms with E-state index in [0.29, 0.717) is 12.3 Å². The summed E-state index contributed by atoms with van der Waals surface area (Å²) in [5.41, 5.74) is 10.1. The molecule has 6 nitrogen and oxygen atoms in total. The van der Waals surface area contributed by atoms with Crippen molar-refractivity contribution in [3.8, 4) is 0 Å². The molecule has 0 bridgehead atoms. The van der Waals surface area contributed by atoms with Crippen molar-refractivity contribution >= 4 is 17.7 Å². The molecule has 3 amide bonds. The van der Waals surface area contributed by atoms with Crippen LogP contribution in [0.4, 0.5) is 0 Å². The van der Waals surface area contributed by atoms with Gasteiger partial charge in [0.15, 0.2) is 0 Å². The lowest BCUT2D eigenvalue weighted by molar-refractivity contribution is -0.138. The Balaban J connectivity index is 4.45. The summed E-state index contributed by atoms with van der Waals surface area (Å²) in [6.07, 6.45) is 1.20. The molecule has 0 aromatic heterocycles. The maximum atomic E-state index is 11.9. The number of nitrogens with zero attached hydrogens (tertiary/aromatic N) is 1. The fourth-order valence-corrected chi connectivity index (χ4v) is 1.92. The van der Waals surface area contributed by atoms with Gasteiger partial charge in [-0.1, -0.05) is 20.8 Å². The van der Waals surface area contributed by atoms with Gasteiger partial charge in [-0.3, -0.25) is 14.4 Å². The lowest BCUT2D eigenvalue weighted by Crippen LogP contribution is -2.43. The SMILES string of the molecule is CC(C)CC(C)CC(=O)N(CC(N)=O)CC(N)=O. The summed E-state index contributed by atoms with van der Waals surface area (Å²) in [7, 11) is 0. The van der Waals surface area contributed by atoms with Gasteiger partial charge < -0.3 is 16.4 Å². The quantitative estimate of drug-likeness (QED) is 0.631. The molecule has 0 aromatic rings. The fourth-order valence-electron chi connectivity index (χ4n) is 1.92. The molecule has 0 spiro atoms. The molecule has 0 aliphatic rings. The van der Waals surface area contributed by atoms with Gasteiger partial charge in [-0.05, 0) is 18.3 Å². The van der Waals surface area contributed by atoms with Crippen molar-refractivity contribution in [3.63, 3.8) is 0 Å². The second kappa shape index (κ2) is 7.68. The van der Waals surface area contributed by atoms with Gasteiger partial charge >= 0.3 is 0 Å². The summed E-state index contributed by atoms with van der Waals surface area (Å²) in [6, 6.07) is 0. The van der Waals surface area contributed by atoms with Gasteiger partial charge in [0, 0.05) is 6.42 Å². The second-order valence-corrected chi connectivity index (χ2v) is 5.12. The third kappa shape index (κ3) is 7.65. The van der Waals surface area contributed by atoms with Crippen molar-refractivity contribution in [1.82, 2.24) is 4.90 Å². The zero-order valence-corrected chi connectivity index (χ0v) is 11.3. The molecule has 0 aliphatic carbocycles. The van der Waals surface area contributed by atoms with Gasteiger partial charge in [0.1, 0.15) is 0 Å². The Hall–Kier alpha value is -1.59. The van der Waals surface area contributed by atoms with Crippen LogP contribution in [0.15, 0.2) is 0 Å². The Kier molecular flexibility index (Phi) is 7.00. The summed E-state index contributed by atoms with van der Waals surface area (Å²) in [4.78, 5) is 34.7. The Morgan fingerprint density at radius 1 is 1.00 bits per heavy atom. The molecular weight excluding hydrogens is 234 g/mol. The Labute approximate surface area is 108 Å². The van der Waals surface area contributed by atoms with Gasteiger partial charge in [0.05, 0.1) is 13.1 Å². The number of hydrogen-bond donors (Lipinski definition) is 2. The highest BCUT2D eigenvalue weighted by molar-refractivity contribution is 5.88. The standard InChI is InChI=1S/C12H23N3O3/c1-8(2)4-9(3)5-12(18)15(6-10(13)16)7-11(14)17/h8-9H,4-7H2,1-3H3,(H2,13,16)(H2,14,17). The van der Waals surface area contributed by atoms with Crippen LogP contribution in [0.5, 0.6) is 0 Å². The zero-order chi connectivity index (χ0) is 14.3. The van der Waals surface area contributed by atoms with E-state index in [2.05, 4.69) is 13.8 Å². The summed E-state index contributed by atoms with van der Waals surface area (Å²) >= 11 is 0. The Morgan fingerprint density at radius 2 is 1.44 bits per heavy atom. The molecule has 0 fully saturated rings. The van der Waals surface area contributed by atoms with Crippen LogP contribution in [0.25, 0.3) is 0 Å². The van der Waals surface area contributed by atoms with Crippen molar-refractivity contribution in [3.05, 3.63) is 0 Å². The van der Waals surface area contributed by atoms with Crippen LogP contribution in [0.3, 0.4) is 0 Å². The highest BCUT2D eigenvalue weighted by Gasteiger charge is 2.20. The predicted octanol–water partition coefficient (Wildman–Crippen LogP) is -0.142. The average Bonchev–Trinajstić information content (AvgIpc) is 2.13. The van der Waals surface area contributed by atoms with Gasteiger partial charge in [-0.25, -0.2) is 0 Å². The molecule has 0 radical (unpaired) electrons. The minimum absolute atomic E-state index is 0.195. The molecule has 0 saturated heterocycles. The van der Waals surface area contributed by atoms with Gasteiger partial charge in [-0.15, -0.1) is 0 Å². The van der Waals surface area contributed by atoms with E-state index >= 15 is 0 Å². The van der Waals surface area contributed by atoms with E-state index in [4.69, 9.17) is 11.5 Å². The van der Waals surface area contributed by atoms with Crippen molar-refractivity contribution in [2.75, 3.05) is 13.1 Å². The van der Waals surface area contributed by atoms with Crippen LogP contribution in [0.2, 0.25) is 0 Å². The molecule has 104 valence electrons. The Bertz CT molecular complexity index is 300. The number of hydrogen-bond acceptors (Lipinski definition) is 3. The fraction of sp³-hybridized carbons (Fsp3) is 0.750. The first kappa shape index (κ1) is 16.4. The van der Waals surface area contributed by atoms with Crippen LogP contribution in [0, 0.1) is 11.8 Å². The molecule has 0 heterocycles. The van der Waals surface area contributed by atoms with Crippen molar-refractivity contribution in [1.29, 1.82) is 0 Å². The number of rotatable bonds is 8. The van der Waals surface area contributed by atoms with E-state index in [-0.39, 0.29) is 24.9 Å². The molecule has 0 aliphatic heterocycles. The maximum Gasteiger partial charge on any atom is 0.237 e. The number of amides is 3. The summed E-state index contributed by atoms with van der Waals surface area (Å²) < 4.78 is 0. The first-order valence-electron chi connectivity index (χ1n) is 6.06. The smallest absolute Gasteiger partial charge is 0.237 e. The normalized spacial score (nSPS) is 12.2. The lowest BCUT2D eigenvalue weighted by atomic mass is 9.95. The summed E-state index contributed by atoms with van der Waals surface area (Å²) in [5.74, 6) is -0.878. The number of carbonyl (C=O) groups excluding carboxylic acids is 3. The first-order chi connectivity index (χ1) is 8.22. The highest BCUT2D eigenvalue weighted by Crippen LogP contribution is 2.15.